The van der Waals surface area contributed by atoms with Crippen molar-refractivity contribution in [2.24, 2.45) is 0 Å². The minimum atomic E-state index is -3.67. The molecule has 0 aliphatic heterocycles. The van der Waals surface area contributed by atoms with Crippen LogP contribution < -0.4 is 5.32 Å². The molecule has 5 nitrogen and oxygen atoms in total. The largest absolute Gasteiger partial charge is 0.322 e. The average molecular weight is 427 g/mol. The summed E-state index contributed by atoms with van der Waals surface area (Å²) in [7, 11) is -0.796. The Morgan fingerprint density at radius 1 is 0.966 bits per heavy atom. The highest BCUT2D eigenvalue weighted by atomic mass is 35.5. The number of benzene rings is 3. The van der Waals surface area contributed by atoms with Crippen LogP contribution in [0.2, 0.25) is 5.02 Å². The lowest BCUT2D eigenvalue weighted by Crippen LogP contribution is -2.23. The zero-order valence-corrected chi connectivity index (χ0v) is 17.5. The third-order valence-corrected chi connectivity index (χ3v) is 7.16. The number of nitrogens with one attached hydrogen (secondary N) is 1. The molecule has 3 aromatic rings. The molecule has 0 atom stereocenters. The first kappa shape index (κ1) is 19.6. The van der Waals surface area contributed by atoms with E-state index in [2.05, 4.69) is 17.4 Å². The number of amides is 1. The Kier molecular flexibility index (Phi) is 4.94. The molecule has 29 heavy (non-hydrogen) atoms. The van der Waals surface area contributed by atoms with Gasteiger partial charge < -0.3 is 5.32 Å². The summed E-state index contributed by atoms with van der Waals surface area (Å²) < 4.78 is 25.8. The van der Waals surface area contributed by atoms with Crippen molar-refractivity contribution in [1.82, 2.24) is 4.31 Å². The average Bonchev–Trinajstić information content (AvgIpc) is 3.06. The van der Waals surface area contributed by atoms with Gasteiger partial charge >= 0.3 is 0 Å². The summed E-state index contributed by atoms with van der Waals surface area (Å²) >= 11 is 6.18. The zero-order chi connectivity index (χ0) is 20.8. The molecular weight excluding hydrogens is 408 g/mol. The summed E-state index contributed by atoms with van der Waals surface area (Å²) in [6, 6.07) is 18.1. The smallest absolute Gasteiger partial charge is 0.257 e. The van der Waals surface area contributed by atoms with E-state index in [1.165, 1.54) is 43.4 Å². The van der Waals surface area contributed by atoms with E-state index in [1.54, 1.807) is 0 Å². The maximum Gasteiger partial charge on any atom is 0.257 e. The van der Waals surface area contributed by atoms with Gasteiger partial charge in [0, 0.05) is 19.8 Å². The van der Waals surface area contributed by atoms with Crippen molar-refractivity contribution in [3.8, 4) is 11.1 Å². The normalized spacial score (nSPS) is 12.6. The molecule has 0 bridgehead atoms. The summed E-state index contributed by atoms with van der Waals surface area (Å²) in [4.78, 5) is 12.8. The number of sulfonamides is 1. The molecule has 1 N–H and O–H groups in total. The first-order valence-corrected chi connectivity index (χ1v) is 10.8. The van der Waals surface area contributed by atoms with Crippen molar-refractivity contribution in [2.45, 2.75) is 11.3 Å². The Labute approximate surface area is 175 Å². The van der Waals surface area contributed by atoms with Gasteiger partial charge in [0.2, 0.25) is 10.0 Å². The quantitative estimate of drug-likeness (QED) is 0.525. The van der Waals surface area contributed by atoms with Crippen LogP contribution in [-0.4, -0.2) is 32.7 Å². The molecule has 0 radical (unpaired) electrons. The van der Waals surface area contributed by atoms with Gasteiger partial charge in [-0.2, -0.15) is 0 Å². The van der Waals surface area contributed by atoms with Gasteiger partial charge in [0.05, 0.1) is 15.5 Å². The van der Waals surface area contributed by atoms with Crippen molar-refractivity contribution >= 4 is 33.2 Å². The monoisotopic (exact) mass is 426 g/mol. The van der Waals surface area contributed by atoms with Gasteiger partial charge in [-0.15, -0.1) is 0 Å². The van der Waals surface area contributed by atoms with Gasteiger partial charge in [0.15, 0.2) is 0 Å². The zero-order valence-electron chi connectivity index (χ0n) is 15.9. The van der Waals surface area contributed by atoms with E-state index in [-0.39, 0.29) is 15.5 Å². The van der Waals surface area contributed by atoms with E-state index in [9.17, 15) is 13.2 Å². The first-order valence-electron chi connectivity index (χ1n) is 9.02. The molecule has 0 heterocycles. The second kappa shape index (κ2) is 7.30. The summed E-state index contributed by atoms with van der Waals surface area (Å²) in [5.74, 6) is -0.461. The van der Waals surface area contributed by atoms with Crippen molar-refractivity contribution < 1.29 is 13.2 Å². The summed E-state index contributed by atoms with van der Waals surface area (Å²) in [6.45, 7) is 0. The van der Waals surface area contributed by atoms with E-state index in [4.69, 9.17) is 11.6 Å². The van der Waals surface area contributed by atoms with Gasteiger partial charge in [-0.05, 0) is 59.0 Å². The molecule has 1 aliphatic carbocycles. The topological polar surface area (TPSA) is 66.5 Å². The molecule has 148 valence electrons. The van der Waals surface area contributed by atoms with Crippen LogP contribution in [0.3, 0.4) is 0 Å². The number of anilines is 1. The summed E-state index contributed by atoms with van der Waals surface area (Å²) in [5.41, 5.74) is 5.46. The SMILES string of the molecule is CN(C)S(=O)(=O)c1ccc(Cl)c(C(=O)Nc2ccc3c(c2)-c2ccccc2C3)c1. The van der Waals surface area contributed by atoms with Crippen LogP contribution in [0.25, 0.3) is 11.1 Å². The number of fused-ring (bicyclic) bond motifs is 3. The lowest BCUT2D eigenvalue weighted by molar-refractivity contribution is 0.102. The van der Waals surface area contributed by atoms with Crippen molar-refractivity contribution in [2.75, 3.05) is 19.4 Å². The fourth-order valence-corrected chi connectivity index (χ4v) is 4.58. The van der Waals surface area contributed by atoms with E-state index < -0.39 is 15.9 Å². The van der Waals surface area contributed by atoms with Crippen LogP contribution in [0.15, 0.2) is 65.6 Å². The minimum absolute atomic E-state index is 0.0138. The number of rotatable bonds is 4. The Bertz CT molecular complexity index is 1240. The Hall–Kier alpha value is -2.67. The van der Waals surface area contributed by atoms with Crippen molar-refractivity contribution in [3.63, 3.8) is 0 Å². The molecule has 0 unspecified atom stereocenters. The molecule has 7 heteroatoms. The van der Waals surface area contributed by atoms with Crippen LogP contribution in [0.1, 0.15) is 21.5 Å². The molecular formula is C22H19ClN2O3S. The number of hydrogen-bond donors (Lipinski definition) is 1. The molecule has 4 rings (SSSR count). The Morgan fingerprint density at radius 3 is 2.45 bits per heavy atom. The fourth-order valence-electron chi connectivity index (χ4n) is 3.45. The fraction of sp³-hybridized carbons (Fsp3) is 0.136. The third kappa shape index (κ3) is 3.55. The maximum absolute atomic E-state index is 12.8. The predicted molar refractivity (Wildman–Crippen MR) is 115 cm³/mol. The van der Waals surface area contributed by atoms with E-state index in [0.29, 0.717) is 5.69 Å². The number of hydrogen-bond acceptors (Lipinski definition) is 3. The van der Waals surface area contributed by atoms with Crippen molar-refractivity contribution in [3.05, 3.63) is 82.4 Å². The maximum atomic E-state index is 12.8. The van der Waals surface area contributed by atoms with Crippen LogP contribution in [0.4, 0.5) is 5.69 Å². The first-order chi connectivity index (χ1) is 13.8. The number of halogens is 1. The highest BCUT2D eigenvalue weighted by Crippen LogP contribution is 2.38. The summed E-state index contributed by atoms with van der Waals surface area (Å²) in [5, 5.41) is 3.02. The van der Waals surface area contributed by atoms with Crippen molar-refractivity contribution in [1.29, 1.82) is 0 Å². The van der Waals surface area contributed by atoms with Gasteiger partial charge in [0.1, 0.15) is 0 Å². The Morgan fingerprint density at radius 2 is 1.69 bits per heavy atom. The highest BCUT2D eigenvalue weighted by Gasteiger charge is 2.22. The van der Waals surface area contributed by atoms with Crippen LogP contribution in [0.5, 0.6) is 0 Å². The summed E-state index contributed by atoms with van der Waals surface area (Å²) in [6.07, 6.45) is 0.871. The van der Waals surface area contributed by atoms with E-state index >= 15 is 0 Å². The van der Waals surface area contributed by atoms with Gasteiger partial charge in [-0.1, -0.05) is 41.9 Å². The molecule has 0 fully saturated rings. The molecule has 0 aromatic heterocycles. The van der Waals surface area contributed by atoms with Crippen LogP contribution >= 0.6 is 11.6 Å². The van der Waals surface area contributed by atoms with E-state index in [0.717, 1.165) is 21.9 Å². The number of nitrogens with zero attached hydrogens (tertiary/aromatic N) is 1. The van der Waals surface area contributed by atoms with Gasteiger partial charge in [0.25, 0.3) is 5.91 Å². The molecule has 0 spiro atoms. The second-order valence-corrected chi connectivity index (χ2v) is 9.65. The van der Waals surface area contributed by atoms with E-state index in [1.807, 2.05) is 30.3 Å². The minimum Gasteiger partial charge on any atom is -0.322 e. The highest BCUT2D eigenvalue weighted by molar-refractivity contribution is 7.89. The molecule has 1 aliphatic rings. The molecule has 0 saturated heterocycles. The van der Waals surface area contributed by atoms with Crippen LogP contribution in [0, 0.1) is 0 Å². The third-order valence-electron chi connectivity index (χ3n) is 5.02. The Balaban J connectivity index is 1.65. The lowest BCUT2D eigenvalue weighted by Gasteiger charge is -2.13. The van der Waals surface area contributed by atoms with Gasteiger partial charge in [-0.25, -0.2) is 12.7 Å². The second-order valence-electron chi connectivity index (χ2n) is 7.09. The lowest BCUT2D eigenvalue weighted by atomic mass is 10.1. The standard InChI is InChI=1S/C22H19ClN2O3S/c1-25(2)29(27,28)17-9-10-21(23)20(13-17)22(26)24-16-8-7-15-11-14-5-3-4-6-18(14)19(15)12-16/h3-10,12-13H,11H2,1-2H3,(H,24,26). The molecule has 3 aromatic carbocycles. The molecule has 1 amide bonds. The predicted octanol–water partition coefficient (Wildman–Crippen LogP) is 4.41. The van der Waals surface area contributed by atoms with Gasteiger partial charge in [-0.3, -0.25) is 4.79 Å². The number of carbonyl (C=O) groups excluding carboxylic acids is 1. The number of carbonyl (C=O) groups is 1. The molecule has 0 saturated carbocycles. The van der Waals surface area contributed by atoms with Crippen LogP contribution in [-0.2, 0) is 16.4 Å².